The number of para-hydroxylation sites is 1. The Kier molecular flexibility index (Phi) is 3.69. The van der Waals surface area contributed by atoms with Gasteiger partial charge in [-0.3, -0.25) is 9.59 Å². The van der Waals surface area contributed by atoms with Crippen molar-refractivity contribution >= 4 is 17.5 Å². The number of fused-ring (bicyclic) bond motifs is 1. The molecular formula is C15H18N2O3. The van der Waals surface area contributed by atoms with E-state index in [1.807, 2.05) is 18.2 Å². The molecule has 1 aromatic carbocycles. The lowest BCUT2D eigenvalue weighted by Gasteiger charge is -2.23. The van der Waals surface area contributed by atoms with Crippen molar-refractivity contribution in [2.75, 3.05) is 31.2 Å². The molecule has 106 valence electrons. The average molecular weight is 274 g/mol. The molecule has 1 atom stereocenters. The molecule has 1 fully saturated rings. The summed E-state index contributed by atoms with van der Waals surface area (Å²) < 4.78 is 5.32. The van der Waals surface area contributed by atoms with E-state index in [1.165, 1.54) is 0 Å². The zero-order valence-corrected chi connectivity index (χ0v) is 11.3. The Labute approximate surface area is 117 Å². The van der Waals surface area contributed by atoms with Gasteiger partial charge in [0, 0.05) is 32.7 Å². The molecule has 0 radical (unpaired) electrons. The molecule has 0 saturated carbocycles. The molecule has 2 aliphatic rings. The second-order valence-corrected chi connectivity index (χ2v) is 5.25. The first kappa shape index (κ1) is 13.1. The molecule has 0 aliphatic carbocycles. The minimum absolute atomic E-state index is 0.0736. The van der Waals surface area contributed by atoms with E-state index < -0.39 is 0 Å². The quantitative estimate of drug-likeness (QED) is 0.881. The average Bonchev–Trinajstić information content (AvgIpc) is 2.90. The molecular weight excluding hydrogens is 256 g/mol. The van der Waals surface area contributed by atoms with Gasteiger partial charge < -0.3 is 15.0 Å². The highest BCUT2D eigenvalue weighted by atomic mass is 16.5. The summed E-state index contributed by atoms with van der Waals surface area (Å²) in [6.45, 7) is 2.42. The molecule has 5 nitrogen and oxygen atoms in total. The van der Waals surface area contributed by atoms with Gasteiger partial charge in [-0.1, -0.05) is 12.1 Å². The number of anilines is 1. The number of hydrogen-bond donors (Lipinski definition) is 1. The number of carbonyl (C=O) groups is 2. The van der Waals surface area contributed by atoms with Crippen molar-refractivity contribution in [3.05, 3.63) is 29.8 Å². The second kappa shape index (κ2) is 5.63. The van der Waals surface area contributed by atoms with Crippen LogP contribution >= 0.6 is 0 Å². The standard InChI is InChI=1S/C15H18N2O3/c18-14(9-11-5-8-20-10-11)17-7-6-16-15(19)12-3-1-2-4-13(12)17/h1-4,11H,5-10H2,(H,16,19). The fourth-order valence-electron chi connectivity index (χ4n) is 2.76. The molecule has 3 rings (SSSR count). The Morgan fingerprint density at radius 3 is 3.05 bits per heavy atom. The van der Waals surface area contributed by atoms with Gasteiger partial charge in [-0.05, 0) is 24.5 Å². The Bertz CT molecular complexity index is 524. The molecule has 2 heterocycles. The fraction of sp³-hybridized carbons (Fsp3) is 0.467. The van der Waals surface area contributed by atoms with Gasteiger partial charge in [0.2, 0.25) is 5.91 Å². The number of hydrogen-bond acceptors (Lipinski definition) is 3. The summed E-state index contributed by atoms with van der Waals surface area (Å²) in [5.74, 6) is 0.270. The van der Waals surface area contributed by atoms with Crippen LogP contribution in [0.25, 0.3) is 0 Å². The van der Waals surface area contributed by atoms with Gasteiger partial charge in [-0.2, -0.15) is 0 Å². The zero-order chi connectivity index (χ0) is 13.9. The lowest BCUT2D eigenvalue weighted by molar-refractivity contribution is -0.119. The summed E-state index contributed by atoms with van der Waals surface area (Å²) in [4.78, 5) is 26.2. The van der Waals surface area contributed by atoms with Crippen molar-refractivity contribution in [1.29, 1.82) is 0 Å². The van der Waals surface area contributed by atoms with Crippen molar-refractivity contribution in [1.82, 2.24) is 5.32 Å². The molecule has 1 unspecified atom stereocenters. The fourth-order valence-corrected chi connectivity index (χ4v) is 2.76. The lowest BCUT2D eigenvalue weighted by Crippen LogP contribution is -2.36. The van der Waals surface area contributed by atoms with Crippen LogP contribution in [0, 0.1) is 5.92 Å². The van der Waals surface area contributed by atoms with Crippen LogP contribution in [0.15, 0.2) is 24.3 Å². The smallest absolute Gasteiger partial charge is 0.253 e. The van der Waals surface area contributed by atoms with Crippen LogP contribution in [0.4, 0.5) is 5.69 Å². The third-order valence-corrected chi connectivity index (χ3v) is 3.85. The monoisotopic (exact) mass is 274 g/mol. The maximum Gasteiger partial charge on any atom is 0.253 e. The van der Waals surface area contributed by atoms with Crippen LogP contribution in [0.5, 0.6) is 0 Å². The van der Waals surface area contributed by atoms with Gasteiger partial charge in [0.15, 0.2) is 0 Å². The molecule has 20 heavy (non-hydrogen) atoms. The number of amides is 2. The Hall–Kier alpha value is -1.88. The van der Waals surface area contributed by atoms with Crippen LogP contribution in [0.3, 0.4) is 0 Å². The molecule has 0 aromatic heterocycles. The third kappa shape index (κ3) is 2.54. The van der Waals surface area contributed by atoms with E-state index in [0.717, 1.165) is 13.0 Å². The minimum atomic E-state index is -0.111. The van der Waals surface area contributed by atoms with Crippen molar-refractivity contribution in [2.45, 2.75) is 12.8 Å². The number of nitrogens with zero attached hydrogens (tertiary/aromatic N) is 1. The highest BCUT2D eigenvalue weighted by Gasteiger charge is 2.27. The molecule has 1 saturated heterocycles. The first-order valence-electron chi connectivity index (χ1n) is 7.01. The zero-order valence-electron chi connectivity index (χ0n) is 11.3. The van der Waals surface area contributed by atoms with Gasteiger partial charge in [-0.15, -0.1) is 0 Å². The molecule has 0 spiro atoms. The van der Waals surface area contributed by atoms with Crippen LogP contribution in [0.1, 0.15) is 23.2 Å². The predicted octanol–water partition coefficient (Wildman–Crippen LogP) is 1.19. The van der Waals surface area contributed by atoms with Crippen molar-refractivity contribution < 1.29 is 14.3 Å². The summed E-state index contributed by atoms with van der Waals surface area (Å²) in [5.41, 5.74) is 1.28. The van der Waals surface area contributed by atoms with Crippen LogP contribution in [-0.2, 0) is 9.53 Å². The number of rotatable bonds is 2. The van der Waals surface area contributed by atoms with Gasteiger partial charge >= 0.3 is 0 Å². The topological polar surface area (TPSA) is 58.6 Å². The number of carbonyl (C=O) groups excluding carboxylic acids is 2. The predicted molar refractivity (Wildman–Crippen MR) is 74.7 cm³/mol. The minimum Gasteiger partial charge on any atom is -0.381 e. The SMILES string of the molecule is O=C1NCCN(C(=O)CC2CCOC2)c2ccccc21. The second-order valence-electron chi connectivity index (χ2n) is 5.25. The Morgan fingerprint density at radius 2 is 2.25 bits per heavy atom. The van der Waals surface area contributed by atoms with Crippen LogP contribution in [-0.4, -0.2) is 38.1 Å². The van der Waals surface area contributed by atoms with Gasteiger partial charge in [0.05, 0.1) is 11.3 Å². The summed E-state index contributed by atoms with van der Waals surface area (Å²) in [7, 11) is 0. The maximum absolute atomic E-state index is 12.5. The van der Waals surface area contributed by atoms with Crippen molar-refractivity contribution in [3.63, 3.8) is 0 Å². The summed E-state index contributed by atoms with van der Waals surface area (Å²) in [5, 5.41) is 2.82. The highest BCUT2D eigenvalue weighted by Crippen LogP contribution is 2.25. The van der Waals surface area contributed by atoms with Crippen molar-refractivity contribution in [2.24, 2.45) is 5.92 Å². The molecule has 1 N–H and O–H groups in total. The molecule has 5 heteroatoms. The number of benzene rings is 1. The molecule has 0 bridgehead atoms. The van der Waals surface area contributed by atoms with Gasteiger partial charge in [0.1, 0.15) is 0 Å². The molecule has 1 aromatic rings. The van der Waals surface area contributed by atoms with Crippen LogP contribution < -0.4 is 10.2 Å². The maximum atomic E-state index is 12.5. The van der Waals surface area contributed by atoms with E-state index in [9.17, 15) is 9.59 Å². The summed E-state index contributed by atoms with van der Waals surface area (Å²) >= 11 is 0. The summed E-state index contributed by atoms with van der Waals surface area (Å²) in [6.07, 6.45) is 1.43. The Morgan fingerprint density at radius 1 is 1.40 bits per heavy atom. The molecule has 2 aliphatic heterocycles. The molecule has 2 amide bonds. The van der Waals surface area contributed by atoms with E-state index >= 15 is 0 Å². The van der Waals surface area contributed by atoms with Crippen LogP contribution in [0.2, 0.25) is 0 Å². The number of ether oxygens (including phenoxy) is 1. The summed E-state index contributed by atoms with van der Waals surface area (Å²) in [6, 6.07) is 7.27. The first-order chi connectivity index (χ1) is 9.75. The normalized spacial score (nSPS) is 22.1. The Balaban J connectivity index is 1.83. The first-order valence-corrected chi connectivity index (χ1v) is 7.01. The third-order valence-electron chi connectivity index (χ3n) is 3.85. The van der Waals surface area contributed by atoms with E-state index in [1.54, 1.807) is 11.0 Å². The number of nitrogens with one attached hydrogen (secondary N) is 1. The van der Waals surface area contributed by atoms with E-state index in [0.29, 0.717) is 43.3 Å². The van der Waals surface area contributed by atoms with Crippen molar-refractivity contribution in [3.8, 4) is 0 Å². The van der Waals surface area contributed by atoms with Gasteiger partial charge in [0.25, 0.3) is 5.91 Å². The lowest BCUT2D eigenvalue weighted by atomic mass is 10.0. The highest BCUT2D eigenvalue weighted by molar-refractivity contribution is 6.05. The van der Waals surface area contributed by atoms with E-state index in [2.05, 4.69) is 5.32 Å². The van der Waals surface area contributed by atoms with Gasteiger partial charge in [-0.25, -0.2) is 0 Å². The van der Waals surface area contributed by atoms with E-state index in [-0.39, 0.29) is 11.8 Å². The largest absolute Gasteiger partial charge is 0.381 e. The van der Waals surface area contributed by atoms with E-state index in [4.69, 9.17) is 4.74 Å².